The summed E-state index contributed by atoms with van der Waals surface area (Å²) in [5, 5.41) is 10.7. The molecular weight excluding hydrogens is 256 g/mol. The van der Waals surface area contributed by atoms with E-state index in [0.717, 1.165) is 12.8 Å². The molecule has 110 valence electrons. The molecule has 0 radical (unpaired) electrons. The number of hydrogen-bond donors (Lipinski definition) is 1. The van der Waals surface area contributed by atoms with Crippen molar-refractivity contribution < 1.29 is 9.53 Å². The first kappa shape index (κ1) is 14.6. The molecule has 0 aromatic carbocycles. The van der Waals surface area contributed by atoms with Gasteiger partial charge in [0.1, 0.15) is 6.10 Å². The quantitative estimate of drug-likeness (QED) is 0.896. The van der Waals surface area contributed by atoms with Gasteiger partial charge < -0.3 is 15.0 Å². The number of amides is 2. The number of likely N-dealkylation sites (tertiary alicyclic amines) is 1. The Kier molecular flexibility index (Phi) is 4.42. The van der Waals surface area contributed by atoms with Crippen molar-refractivity contribution in [1.82, 2.24) is 20.4 Å². The lowest BCUT2D eigenvalue weighted by molar-refractivity contribution is 0.104. The van der Waals surface area contributed by atoms with Gasteiger partial charge in [-0.25, -0.2) is 4.79 Å². The van der Waals surface area contributed by atoms with E-state index in [-0.39, 0.29) is 17.7 Å². The Hall–Kier alpha value is -1.85. The van der Waals surface area contributed by atoms with E-state index < -0.39 is 0 Å². The summed E-state index contributed by atoms with van der Waals surface area (Å²) in [4.78, 5) is 13.9. The topological polar surface area (TPSA) is 67.4 Å². The van der Waals surface area contributed by atoms with Crippen LogP contribution in [-0.2, 0) is 0 Å². The fraction of sp³-hybridized carbons (Fsp3) is 0.643. The second kappa shape index (κ2) is 6.07. The standard InChI is InChI=1S/C14H22N4O2/c1-14(2,3)16-13(19)18-9-6-11(7-10-18)20-12-5-4-8-15-17-12/h4-5,8,11H,6-7,9-10H2,1-3H3,(H,16,19). The van der Waals surface area contributed by atoms with Crippen LogP contribution in [0.4, 0.5) is 4.79 Å². The van der Waals surface area contributed by atoms with Crippen LogP contribution in [0.15, 0.2) is 18.3 Å². The highest BCUT2D eigenvalue weighted by Crippen LogP contribution is 2.17. The average Bonchev–Trinajstić information content (AvgIpc) is 2.39. The molecule has 0 saturated carbocycles. The smallest absolute Gasteiger partial charge is 0.317 e. The molecule has 1 aromatic rings. The number of aromatic nitrogens is 2. The Balaban J connectivity index is 1.79. The minimum absolute atomic E-state index is 0.00421. The van der Waals surface area contributed by atoms with E-state index in [1.54, 1.807) is 18.3 Å². The highest BCUT2D eigenvalue weighted by molar-refractivity contribution is 5.75. The summed E-state index contributed by atoms with van der Waals surface area (Å²) in [6.45, 7) is 7.35. The molecule has 0 bridgehead atoms. The zero-order valence-corrected chi connectivity index (χ0v) is 12.3. The van der Waals surface area contributed by atoms with Gasteiger partial charge in [0.05, 0.1) is 0 Å². The monoisotopic (exact) mass is 278 g/mol. The summed E-state index contributed by atoms with van der Waals surface area (Å²) in [6.07, 6.45) is 3.35. The van der Waals surface area contributed by atoms with Crippen LogP contribution in [0, 0.1) is 0 Å². The fourth-order valence-corrected chi connectivity index (χ4v) is 2.10. The number of piperidine rings is 1. The Morgan fingerprint density at radius 3 is 2.65 bits per heavy atom. The van der Waals surface area contributed by atoms with Crippen molar-refractivity contribution in [1.29, 1.82) is 0 Å². The highest BCUT2D eigenvalue weighted by atomic mass is 16.5. The zero-order valence-electron chi connectivity index (χ0n) is 12.3. The number of nitrogens with zero attached hydrogens (tertiary/aromatic N) is 3. The molecule has 1 fully saturated rings. The largest absolute Gasteiger partial charge is 0.473 e. The van der Waals surface area contributed by atoms with Crippen molar-refractivity contribution in [3.8, 4) is 5.88 Å². The molecule has 2 heterocycles. The van der Waals surface area contributed by atoms with Gasteiger partial charge in [-0.3, -0.25) is 0 Å². The highest BCUT2D eigenvalue weighted by Gasteiger charge is 2.26. The molecule has 1 aliphatic rings. The van der Waals surface area contributed by atoms with Crippen molar-refractivity contribution in [2.75, 3.05) is 13.1 Å². The van der Waals surface area contributed by atoms with Gasteiger partial charge in [-0.1, -0.05) is 0 Å². The predicted octanol–water partition coefficient (Wildman–Crippen LogP) is 1.83. The third-order valence-electron chi connectivity index (χ3n) is 3.05. The van der Waals surface area contributed by atoms with Crippen LogP contribution < -0.4 is 10.1 Å². The summed E-state index contributed by atoms with van der Waals surface area (Å²) < 4.78 is 5.75. The first-order valence-electron chi connectivity index (χ1n) is 6.95. The van der Waals surface area contributed by atoms with Crippen LogP contribution in [0.1, 0.15) is 33.6 Å². The van der Waals surface area contributed by atoms with Crippen molar-refractivity contribution in [3.05, 3.63) is 18.3 Å². The van der Waals surface area contributed by atoms with E-state index in [1.165, 1.54) is 0 Å². The van der Waals surface area contributed by atoms with Crippen LogP contribution in [0.5, 0.6) is 5.88 Å². The summed E-state index contributed by atoms with van der Waals surface area (Å²) in [5.74, 6) is 0.546. The zero-order chi connectivity index (χ0) is 14.6. The number of carbonyl (C=O) groups excluding carboxylic acids is 1. The molecule has 2 amide bonds. The van der Waals surface area contributed by atoms with E-state index in [1.807, 2.05) is 25.7 Å². The first-order valence-corrected chi connectivity index (χ1v) is 6.95. The van der Waals surface area contributed by atoms with E-state index in [9.17, 15) is 4.79 Å². The normalized spacial score (nSPS) is 16.9. The molecule has 6 heteroatoms. The second-order valence-electron chi connectivity index (χ2n) is 6.05. The molecule has 2 rings (SSSR count). The molecule has 0 atom stereocenters. The predicted molar refractivity (Wildman–Crippen MR) is 75.5 cm³/mol. The van der Waals surface area contributed by atoms with Gasteiger partial charge >= 0.3 is 6.03 Å². The lowest BCUT2D eigenvalue weighted by Gasteiger charge is -2.34. The van der Waals surface area contributed by atoms with Gasteiger partial charge in [0, 0.05) is 43.7 Å². The van der Waals surface area contributed by atoms with E-state index in [2.05, 4.69) is 15.5 Å². The minimum Gasteiger partial charge on any atom is -0.473 e. The molecule has 1 saturated heterocycles. The fourth-order valence-electron chi connectivity index (χ4n) is 2.10. The van der Waals surface area contributed by atoms with Gasteiger partial charge in [0.2, 0.25) is 5.88 Å². The van der Waals surface area contributed by atoms with Crippen LogP contribution in [-0.4, -0.2) is 45.9 Å². The number of ether oxygens (including phenoxy) is 1. The average molecular weight is 278 g/mol. The maximum Gasteiger partial charge on any atom is 0.317 e. The van der Waals surface area contributed by atoms with Crippen LogP contribution >= 0.6 is 0 Å². The third-order valence-corrected chi connectivity index (χ3v) is 3.05. The van der Waals surface area contributed by atoms with Crippen LogP contribution in [0.3, 0.4) is 0 Å². The van der Waals surface area contributed by atoms with E-state index in [0.29, 0.717) is 19.0 Å². The Bertz CT molecular complexity index is 436. The van der Waals surface area contributed by atoms with Gasteiger partial charge in [-0.2, -0.15) is 5.10 Å². The molecule has 1 N–H and O–H groups in total. The number of urea groups is 1. The Morgan fingerprint density at radius 1 is 1.40 bits per heavy atom. The maximum absolute atomic E-state index is 12.0. The van der Waals surface area contributed by atoms with Gasteiger partial charge in [-0.15, -0.1) is 5.10 Å². The third kappa shape index (κ3) is 4.36. The lowest BCUT2D eigenvalue weighted by Crippen LogP contribution is -2.51. The number of carbonyl (C=O) groups is 1. The molecule has 0 spiro atoms. The van der Waals surface area contributed by atoms with Crippen molar-refractivity contribution in [3.63, 3.8) is 0 Å². The molecule has 0 unspecified atom stereocenters. The number of hydrogen-bond acceptors (Lipinski definition) is 4. The van der Waals surface area contributed by atoms with Gasteiger partial charge in [-0.05, 0) is 26.8 Å². The Morgan fingerprint density at radius 2 is 2.10 bits per heavy atom. The van der Waals surface area contributed by atoms with Gasteiger partial charge in [0.25, 0.3) is 0 Å². The molecule has 1 aliphatic heterocycles. The number of rotatable bonds is 2. The summed E-state index contributed by atoms with van der Waals surface area (Å²) in [5.41, 5.74) is -0.204. The molecule has 0 aliphatic carbocycles. The van der Waals surface area contributed by atoms with Crippen molar-refractivity contribution in [2.24, 2.45) is 0 Å². The summed E-state index contributed by atoms with van der Waals surface area (Å²) in [6, 6.07) is 3.59. The van der Waals surface area contributed by atoms with Gasteiger partial charge in [0.15, 0.2) is 0 Å². The molecule has 6 nitrogen and oxygen atoms in total. The maximum atomic E-state index is 12.0. The van der Waals surface area contributed by atoms with E-state index in [4.69, 9.17) is 4.74 Å². The van der Waals surface area contributed by atoms with Crippen molar-refractivity contribution >= 4 is 6.03 Å². The summed E-state index contributed by atoms with van der Waals surface area (Å²) in [7, 11) is 0. The molecule has 20 heavy (non-hydrogen) atoms. The Labute approximate surface area is 119 Å². The lowest BCUT2D eigenvalue weighted by atomic mass is 10.1. The SMILES string of the molecule is CC(C)(C)NC(=O)N1CCC(Oc2cccnn2)CC1. The van der Waals surface area contributed by atoms with Crippen molar-refractivity contribution in [2.45, 2.75) is 45.3 Å². The molecular formula is C14H22N4O2. The number of nitrogens with one attached hydrogen (secondary N) is 1. The first-order chi connectivity index (χ1) is 9.44. The van der Waals surface area contributed by atoms with Crippen LogP contribution in [0.25, 0.3) is 0 Å². The molecule has 1 aromatic heterocycles. The second-order valence-corrected chi connectivity index (χ2v) is 6.05. The van der Waals surface area contributed by atoms with E-state index >= 15 is 0 Å². The van der Waals surface area contributed by atoms with Crippen LogP contribution in [0.2, 0.25) is 0 Å². The summed E-state index contributed by atoms with van der Waals surface area (Å²) >= 11 is 0. The minimum atomic E-state index is -0.204.